The van der Waals surface area contributed by atoms with E-state index in [2.05, 4.69) is 26.5 Å². The highest BCUT2D eigenvalue weighted by Crippen LogP contribution is 2.26. The van der Waals surface area contributed by atoms with Crippen LogP contribution in [0.3, 0.4) is 0 Å². The molecule has 31 heavy (non-hydrogen) atoms. The third kappa shape index (κ3) is 5.50. The zero-order chi connectivity index (χ0) is 22.4. The van der Waals surface area contributed by atoms with Crippen LogP contribution in [0, 0.1) is 0 Å². The summed E-state index contributed by atoms with van der Waals surface area (Å²) in [4.78, 5) is 12.7. The van der Waals surface area contributed by atoms with Gasteiger partial charge in [0.15, 0.2) is 0 Å². The molecule has 0 unspecified atom stereocenters. The molecular formula is C22H20BrN3O4S. The summed E-state index contributed by atoms with van der Waals surface area (Å²) in [5.41, 5.74) is 3.54. The third-order valence-electron chi connectivity index (χ3n) is 4.36. The Balaban J connectivity index is 1.88. The van der Waals surface area contributed by atoms with Gasteiger partial charge < -0.3 is 5.11 Å². The Kier molecular flexibility index (Phi) is 7.09. The van der Waals surface area contributed by atoms with Crippen molar-refractivity contribution < 1.29 is 18.3 Å². The Morgan fingerprint density at radius 2 is 1.71 bits per heavy atom. The standard InChI is InChI=1S/C22H20BrN3O4S/c1-16(20-12-5-6-13-21(20)27)24-25-22(28)15-26(18-9-7-8-17(23)14-18)31(29,30)19-10-3-2-4-11-19/h2-14,27H,15H2,1H3,(H,25,28). The summed E-state index contributed by atoms with van der Waals surface area (Å²) in [5, 5.41) is 13.9. The number of benzene rings is 3. The van der Waals surface area contributed by atoms with Crippen molar-refractivity contribution in [3.05, 3.63) is 88.9 Å². The molecule has 160 valence electrons. The first-order chi connectivity index (χ1) is 14.8. The number of nitrogens with zero attached hydrogens (tertiary/aromatic N) is 2. The lowest BCUT2D eigenvalue weighted by Gasteiger charge is -2.24. The molecule has 3 aromatic rings. The summed E-state index contributed by atoms with van der Waals surface area (Å²) >= 11 is 3.33. The number of aromatic hydroxyl groups is 1. The van der Waals surface area contributed by atoms with E-state index < -0.39 is 22.5 Å². The van der Waals surface area contributed by atoms with Crippen LogP contribution in [0.2, 0.25) is 0 Å². The summed E-state index contributed by atoms with van der Waals surface area (Å²) in [6.07, 6.45) is 0. The van der Waals surface area contributed by atoms with Crippen LogP contribution in [0.1, 0.15) is 12.5 Å². The van der Waals surface area contributed by atoms with Gasteiger partial charge in [0, 0.05) is 10.0 Å². The molecule has 7 nitrogen and oxygen atoms in total. The Bertz CT molecular complexity index is 1210. The highest BCUT2D eigenvalue weighted by Gasteiger charge is 2.27. The second-order valence-corrected chi connectivity index (χ2v) is 9.33. The van der Waals surface area contributed by atoms with Crippen molar-refractivity contribution in [2.45, 2.75) is 11.8 Å². The van der Waals surface area contributed by atoms with E-state index in [1.807, 2.05) is 0 Å². The van der Waals surface area contributed by atoms with E-state index >= 15 is 0 Å². The van der Waals surface area contributed by atoms with E-state index in [9.17, 15) is 18.3 Å². The van der Waals surface area contributed by atoms with Crippen molar-refractivity contribution in [2.24, 2.45) is 5.10 Å². The van der Waals surface area contributed by atoms with Crippen LogP contribution < -0.4 is 9.73 Å². The molecular weight excluding hydrogens is 482 g/mol. The van der Waals surface area contributed by atoms with Crippen LogP contribution in [-0.2, 0) is 14.8 Å². The maximum Gasteiger partial charge on any atom is 0.264 e. The number of carbonyl (C=O) groups excluding carboxylic acids is 1. The minimum absolute atomic E-state index is 0.0282. The molecule has 0 saturated carbocycles. The average Bonchev–Trinajstić information content (AvgIpc) is 2.76. The maximum atomic E-state index is 13.2. The number of amides is 1. The van der Waals surface area contributed by atoms with E-state index in [-0.39, 0.29) is 10.6 Å². The number of hydrogen-bond donors (Lipinski definition) is 2. The number of carbonyl (C=O) groups is 1. The van der Waals surface area contributed by atoms with Gasteiger partial charge in [0.05, 0.1) is 16.3 Å². The number of sulfonamides is 1. The van der Waals surface area contributed by atoms with Crippen LogP contribution in [0.25, 0.3) is 0 Å². The Hall–Kier alpha value is -3.17. The molecule has 0 saturated heterocycles. The van der Waals surface area contributed by atoms with Gasteiger partial charge in [-0.15, -0.1) is 0 Å². The molecule has 0 fully saturated rings. The summed E-state index contributed by atoms with van der Waals surface area (Å²) in [5.74, 6) is -0.602. The molecule has 3 rings (SSSR count). The summed E-state index contributed by atoms with van der Waals surface area (Å²) in [6.45, 7) is 1.15. The Morgan fingerprint density at radius 3 is 2.39 bits per heavy atom. The smallest absolute Gasteiger partial charge is 0.264 e. The number of phenols is 1. The number of hydrazone groups is 1. The topological polar surface area (TPSA) is 99.1 Å². The first-order valence-corrected chi connectivity index (χ1v) is 11.5. The van der Waals surface area contributed by atoms with Crippen molar-refractivity contribution in [1.82, 2.24) is 5.43 Å². The SMILES string of the molecule is CC(=NNC(=O)CN(c1cccc(Br)c1)S(=O)(=O)c1ccccc1)c1ccccc1O. The molecule has 0 aliphatic rings. The molecule has 0 bridgehead atoms. The van der Waals surface area contributed by atoms with E-state index in [0.29, 0.717) is 21.4 Å². The van der Waals surface area contributed by atoms with Crippen LogP contribution in [0.5, 0.6) is 5.75 Å². The highest BCUT2D eigenvalue weighted by atomic mass is 79.9. The molecule has 1 amide bonds. The first-order valence-electron chi connectivity index (χ1n) is 9.24. The summed E-state index contributed by atoms with van der Waals surface area (Å²) in [6, 6.07) is 21.1. The van der Waals surface area contributed by atoms with E-state index in [1.165, 1.54) is 18.2 Å². The average molecular weight is 502 g/mol. The minimum Gasteiger partial charge on any atom is -0.507 e. The Morgan fingerprint density at radius 1 is 1.03 bits per heavy atom. The van der Waals surface area contributed by atoms with Crippen molar-refractivity contribution in [3.63, 3.8) is 0 Å². The number of hydrogen-bond acceptors (Lipinski definition) is 5. The van der Waals surface area contributed by atoms with Gasteiger partial charge in [-0.3, -0.25) is 9.10 Å². The molecule has 0 aliphatic carbocycles. The lowest BCUT2D eigenvalue weighted by Crippen LogP contribution is -2.39. The summed E-state index contributed by atoms with van der Waals surface area (Å²) < 4.78 is 28.2. The highest BCUT2D eigenvalue weighted by molar-refractivity contribution is 9.10. The van der Waals surface area contributed by atoms with Crippen molar-refractivity contribution in [1.29, 1.82) is 0 Å². The number of rotatable bonds is 7. The third-order valence-corrected chi connectivity index (χ3v) is 6.64. The zero-order valence-electron chi connectivity index (χ0n) is 16.6. The molecule has 0 atom stereocenters. The van der Waals surface area contributed by atoms with E-state index in [1.54, 1.807) is 67.6 Å². The largest absolute Gasteiger partial charge is 0.507 e. The molecule has 0 aliphatic heterocycles. The van der Waals surface area contributed by atoms with Crippen LogP contribution in [0.4, 0.5) is 5.69 Å². The quantitative estimate of drug-likeness (QED) is 0.378. The molecule has 9 heteroatoms. The monoisotopic (exact) mass is 501 g/mol. The molecule has 0 heterocycles. The van der Waals surface area contributed by atoms with Crippen LogP contribution in [-0.4, -0.2) is 31.7 Å². The number of nitrogens with one attached hydrogen (secondary N) is 1. The second kappa shape index (κ2) is 9.76. The number of phenolic OH excluding ortho intramolecular Hbond substituents is 1. The minimum atomic E-state index is -4.00. The molecule has 0 aromatic heterocycles. The molecule has 3 aromatic carbocycles. The molecule has 0 spiro atoms. The van der Waals surface area contributed by atoms with Crippen molar-refractivity contribution in [3.8, 4) is 5.75 Å². The van der Waals surface area contributed by atoms with Gasteiger partial charge in [0.25, 0.3) is 15.9 Å². The fraction of sp³-hybridized carbons (Fsp3) is 0.0909. The van der Waals surface area contributed by atoms with Gasteiger partial charge in [0.1, 0.15) is 12.3 Å². The first kappa shape index (κ1) is 22.5. The van der Waals surface area contributed by atoms with Crippen molar-refractivity contribution >= 4 is 43.3 Å². The predicted octanol–water partition coefficient (Wildman–Crippen LogP) is 3.89. The van der Waals surface area contributed by atoms with Gasteiger partial charge in [-0.05, 0) is 49.4 Å². The molecule has 0 radical (unpaired) electrons. The number of halogens is 1. The van der Waals surface area contributed by atoms with Gasteiger partial charge in [-0.1, -0.05) is 52.3 Å². The fourth-order valence-electron chi connectivity index (χ4n) is 2.82. The number of para-hydroxylation sites is 1. The lowest BCUT2D eigenvalue weighted by atomic mass is 10.1. The lowest BCUT2D eigenvalue weighted by molar-refractivity contribution is -0.119. The van der Waals surface area contributed by atoms with Gasteiger partial charge in [-0.2, -0.15) is 5.10 Å². The van der Waals surface area contributed by atoms with E-state index in [0.717, 1.165) is 4.31 Å². The fourth-order valence-corrected chi connectivity index (χ4v) is 4.64. The van der Waals surface area contributed by atoms with Crippen LogP contribution >= 0.6 is 15.9 Å². The predicted molar refractivity (Wildman–Crippen MR) is 124 cm³/mol. The zero-order valence-corrected chi connectivity index (χ0v) is 19.0. The van der Waals surface area contributed by atoms with E-state index in [4.69, 9.17) is 0 Å². The Labute approximate surface area is 189 Å². The van der Waals surface area contributed by atoms with Gasteiger partial charge in [0.2, 0.25) is 0 Å². The van der Waals surface area contributed by atoms with Crippen LogP contribution in [0.15, 0.2) is 93.3 Å². The van der Waals surface area contributed by atoms with Crippen molar-refractivity contribution in [2.75, 3.05) is 10.8 Å². The second-order valence-electron chi connectivity index (χ2n) is 6.55. The van der Waals surface area contributed by atoms with Gasteiger partial charge >= 0.3 is 0 Å². The molecule has 2 N–H and O–H groups in total. The summed E-state index contributed by atoms with van der Waals surface area (Å²) in [7, 11) is -4.00. The maximum absolute atomic E-state index is 13.2. The van der Waals surface area contributed by atoms with Gasteiger partial charge in [-0.25, -0.2) is 13.8 Å². The number of anilines is 1. The normalized spacial score (nSPS) is 11.7.